The molecule has 0 atom stereocenters. The van der Waals surface area contributed by atoms with Crippen LogP contribution in [0.4, 0.5) is 0 Å². The molecule has 0 fully saturated rings. The van der Waals surface area contributed by atoms with Gasteiger partial charge in [0, 0.05) is 24.0 Å². The van der Waals surface area contributed by atoms with Gasteiger partial charge in [-0.1, -0.05) is 13.8 Å². The molecule has 21 heavy (non-hydrogen) atoms. The summed E-state index contributed by atoms with van der Waals surface area (Å²) in [5.74, 6) is 0.611. The van der Waals surface area contributed by atoms with Crippen LogP contribution in [0.15, 0.2) is 12.5 Å². The summed E-state index contributed by atoms with van der Waals surface area (Å²) in [7, 11) is 2.01. The Kier molecular flexibility index (Phi) is 4.84. The Balaban J connectivity index is 2.29. The molecule has 0 aliphatic rings. The molecule has 1 N–H and O–H groups in total. The summed E-state index contributed by atoms with van der Waals surface area (Å²) in [6, 6.07) is 0. The smallest absolute Gasteiger partial charge is 0.142 e. The van der Waals surface area contributed by atoms with Gasteiger partial charge in [0.2, 0.25) is 0 Å². The molecule has 5 heteroatoms. The molecule has 2 rings (SSSR count). The molecule has 0 saturated carbocycles. The van der Waals surface area contributed by atoms with Gasteiger partial charge in [0.05, 0.1) is 23.9 Å². The van der Waals surface area contributed by atoms with E-state index in [4.69, 9.17) is 4.98 Å². The number of imidazole rings is 1. The Hall–Kier alpha value is -1.20. The second kappa shape index (κ2) is 6.28. The molecule has 116 valence electrons. The fourth-order valence-electron chi connectivity index (χ4n) is 2.09. The molecule has 2 heterocycles. The molecule has 0 spiro atoms. The lowest BCUT2D eigenvalue weighted by Gasteiger charge is -2.20. The monoisotopic (exact) mass is 306 g/mol. The molecule has 0 aliphatic carbocycles. The summed E-state index contributed by atoms with van der Waals surface area (Å²) in [5, 5.41) is 4.64. The van der Waals surface area contributed by atoms with Gasteiger partial charge in [0.1, 0.15) is 5.01 Å². The molecule has 0 bridgehead atoms. The highest BCUT2D eigenvalue weighted by atomic mass is 32.1. The lowest BCUT2D eigenvalue weighted by Crippen LogP contribution is -2.35. The van der Waals surface area contributed by atoms with E-state index in [1.165, 1.54) is 10.6 Å². The maximum atomic E-state index is 4.87. The minimum atomic E-state index is 0.117. The van der Waals surface area contributed by atoms with E-state index in [1.54, 1.807) is 11.3 Å². The van der Waals surface area contributed by atoms with Crippen molar-refractivity contribution in [1.29, 1.82) is 0 Å². The van der Waals surface area contributed by atoms with Crippen molar-refractivity contribution in [3.63, 3.8) is 0 Å². The van der Waals surface area contributed by atoms with Gasteiger partial charge in [-0.25, -0.2) is 9.97 Å². The van der Waals surface area contributed by atoms with Crippen LogP contribution in [0.3, 0.4) is 0 Å². The summed E-state index contributed by atoms with van der Waals surface area (Å²) >= 11 is 1.78. The van der Waals surface area contributed by atoms with E-state index in [1.807, 2.05) is 24.1 Å². The second-order valence-electron chi connectivity index (χ2n) is 6.98. The van der Waals surface area contributed by atoms with Crippen molar-refractivity contribution < 1.29 is 0 Å². The summed E-state index contributed by atoms with van der Waals surface area (Å²) in [6.45, 7) is 11.9. The first-order chi connectivity index (χ1) is 9.76. The third-order valence-corrected chi connectivity index (χ3v) is 4.32. The zero-order valence-corrected chi connectivity index (χ0v) is 14.7. The quantitative estimate of drug-likeness (QED) is 0.917. The van der Waals surface area contributed by atoms with Gasteiger partial charge in [-0.15, -0.1) is 11.3 Å². The number of rotatable bonds is 5. The Morgan fingerprint density at radius 3 is 2.57 bits per heavy atom. The highest BCUT2D eigenvalue weighted by molar-refractivity contribution is 7.15. The molecule has 0 aromatic carbocycles. The van der Waals surface area contributed by atoms with E-state index in [0.29, 0.717) is 5.92 Å². The van der Waals surface area contributed by atoms with E-state index in [2.05, 4.69) is 44.9 Å². The number of hydrogen-bond acceptors (Lipinski definition) is 4. The molecule has 0 aliphatic heterocycles. The van der Waals surface area contributed by atoms with Gasteiger partial charge in [-0.2, -0.15) is 0 Å². The van der Waals surface area contributed by atoms with Crippen LogP contribution in [0.25, 0.3) is 10.7 Å². The summed E-state index contributed by atoms with van der Waals surface area (Å²) < 4.78 is 2.03. The zero-order valence-electron chi connectivity index (χ0n) is 13.9. The third kappa shape index (κ3) is 4.38. The van der Waals surface area contributed by atoms with E-state index >= 15 is 0 Å². The van der Waals surface area contributed by atoms with Gasteiger partial charge in [-0.3, -0.25) is 0 Å². The highest BCUT2D eigenvalue weighted by Gasteiger charge is 2.17. The predicted octanol–water partition coefficient (Wildman–Crippen LogP) is 3.63. The maximum Gasteiger partial charge on any atom is 0.142 e. The molecular weight excluding hydrogens is 280 g/mol. The summed E-state index contributed by atoms with van der Waals surface area (Å²) in [5.41, 5.74) is 2.43. The standard InChI is InChI=1S/C16H26N4S/c1-11(2)7-12-14(9-18-16(3,4)5)21-15(19-12)13-8-17-10-20(13)6/h8,10-11,18H,7,9H2,1-6H3. The van der Waals surface area contributed by atoms with Crippen LogP contribution in [0.5, 0.6) is 0 Å². The summed E-state index contributed by atoms with van der Waals surface area (Å²) in [4.78, 5) is 10.4. The van der Waals surface area contributed by atoms with Crippen molar-refractivity contribution in [3.8, 4) is 10.7 Å². The van der Waals surface area contributed by atoms with Crippen LogP contribution in [0.2, 0.25) is 0 Å². The number of aromatic nitrogens is 3. The van der Waals surface area contributed by atoms with Crippen molar-refractivity contribution in [2.75, 3.05) is 0 Å². The van der Waals surface area contributed by atoms with Crippen LogP contribution >= 0.6 is 11.3 Å². The van der Waals surface area contributed by atoms with Crippen LogP contribution in [0, 0.1) is 5.92 Å². The topological polar surface area (TPSA) is 42.7 Å². The highest BCUT2D eigenvalue weighted by Crippen LogP contribution is 2.29. The fourth-order valence-corrected chi connectivity index (χ4v) is 3.17. The van der Waals surface area contributed by atoms with Crippen LogP contribution in [-0.2, 0) is 20.0 Å². The lowest BCUT2D eigenvalue weighted by atomic mass is 10.1. The lowest BCUT2D eigenvalue weighted by molar-refractivity contribution is 0.425. The predicted molar refractivity (Wildman–Crippen MR) is 89.5 cm³/mol. The van der Waals surface area contributed by atoms with Gasteiger partial charge in [-0.05, 0) is 33.1 Å². The normalized spacial score (nSPS) is 12.3. The van der Waals surface area contributed by atoms with Crippen LogP contribution in [-0.4, -0.2) is 20.1 Å². The number of aryl methyl sites for hydroxylation is 1. The van der Waals surface area contributed by atoms with E-state index in [9.17, 15) is 0 Å². The first-order valence-corrected chi connectivity index (χ1v) is 8.28. The molecule has 0 radical (unpaired) electrons. The van der Waals surface area contributed by atoms with E-state index < -0.39 is 0 Å². The number of hydrogen-bond donors (Lipinski definition) is 1. The third-order valence-electron chi connectivity index (χ3n) is 3.19. The zero-order chi connectivity index (χ0) is 15.6. The molecular formula is C16H26N4S. The summed E-state index contributed by atoms with van der Waals surface area (Å²) in [6.07, 6.45) is 4.74. The van der Waals surface area contributed by atoms with Crippen LogP contribution in [0.1, 0.15) is 45.2 Å². The first kappa shape index (κ1) is 16.2. The van der Waals surface area contributed by atoms with Crippen molar-refractivity contribution in [2.24, 2.45) is 13.0 Å². The van der Waals surface area contributed by atoms with Gasteiger partial charge < -0.3 is 9.88 Å². The van der Waals surface area contributed by atoms with Crippen molar-refractivity contribution in [2.45, 2.75) is 53.1 Å². The SMILES string of the molecule is CC(C)Cc1nc(-c2cncn2C)sc1CNC(C)(C)C. The van der Waals surface area contributed by atoms with Crippen LogP contribution < -0.4 is 5.32 Å². The minimum Gasteiger partial charge on any atom is -0.332 e. The number of nitrogens with zero attached hydrogens (tertiary/aromatic N) is 3. The number of nitrogens with one attached hydrogen (secondary N) is 1. The Morgan fingerprint density at radius 1 is 1.33 bits per heavy atom. The average Bonchev–Trinajstić information content (AvgIpc) is 2.91. The second-order valence-corrected chi connectivity index (χ2v) is 8.06. The van der Waals surface area contributed by atoms with Crippen molar-refractivity contribution >= 4 is 11.3 Å². The van der Waals surface area contributed by atoms with Crippen molar-refractivity contribution in [3.05, 3.63) is 23.1 Å². The molecule has 4 nitrogen and oxygen atoms in total. The molecule has 2 aromatic rings. The average molecular weight is 306 g/mol. The van der Waals surface area contributed by atoms with Gasteiger partial charge >= 0.3 is 0 Å². The molecule has 0 unspecified atom stereocenters. The first-order valence-electron chi connectivity index (χ1n) is 7.46. The fraction of sp³-hybridized carbons (Fsp3) is 0.625. The largest absolute Gasteiger partial charge is 0.332 e. The van der Waals surface area contributed by atoms with Gasteiger partial charge in [0.25, 0.3) is 0 Å². The number of thiazole rings is 1. The Bertz CT molecular complexity index is 590. The van der Waals surface area contributed by atoms with E-state index in [0.717, 1.165) is 23.7 Å². The Morgan fingerprint density at radius 2 is 2.05 bits per heavy atom. The minimum absolute atomic E-state index is 0.117. The Labute approximate surface area is 131 Å². The molecule has 0 amide bonds. The molecule has 2 aromatic heterocycles. The van der Waals surface area contributed by atoms with Gasteiger partial charge in [0.15, 0.2) is 0 Å². The van der Waals surface area contributed by atoms with Crippen molar-refractivity contribution in [1.82, 2.24) is 19.9 Å². The molecule has 0 saturated heterocycles. The maximum absolute atomic E-state index is 4.87. The van der Waals surface area contributed by atoms with E-state index in [-0.39, 0.29) is 5.54 Å².